The van der Waals surface area contributed by atoms with Gasteiger partial charge in [-0.1, -0.05) is 6.92 Å². The van der Waals surface area contributed by atoms with E-state index in [4.69, 9.17) is 10.6 Å². The van der Waals surface area contributed by atoms with Crippen molar-refractivity contribution in [3.05, 3.63) is 0 Å². The minimum absolute atomic E-state index is 0.420. The molecule has 8 heteroatoms. The van der Waals surface area contributed by atoms with Gasteiger partial charge >= 0.3 is 0 Å². The van der Waals surface area contributed by atoms with Crippen molar-refractivity contribution in [3.63, 3.8) is 0 Å². The highest BCUT2D eigenvalue weighted by Crippen LogP contribution is 2.26. The summed E-state index contributed by atoms with van der Waals surface area (Å²) in [5.41, 5.74) is 2.56. The largest absolute Gasteiger partial charge is 0.378 e. The smallest absolute Gasteiger partial charge is 0.243 e. The Kier molecular flexibility index (Phi) is 4.35. The highest BCUT2D eigenvalue weighted by atomic mass is 16.5. The van der Waals surface area contributed by atoms with Crippen LogP contribution in [0.5, 0.6) is 0 Å². The molecule has 21 heavy (non-hydrogen) atoms. The molecule has 0 bridgehead atoms. The van der Waals surface area contributed by atoms with Crippen LogP contribution in [0, 0.1) is 0 Å². The molecule has 2 saturated heterocycles. The van der Waals surface area contributed by atoms with E-state index in [1.807, 2.05) is 0 Å². The average Bonchev–Trinajstić information content (AvgIpc) is 3.04. The second kappa shape index (κ2) is 6.40. The molecule has 0 aliphatic carbocycles. The summed E-state index contributed by atoms with van der Waals surface area (Å²) in [6.07, 6.45) is 3.48. The number of nitrogens with two attached hydrogens (primary N) is 1. The van der Waals surface area contributed by atoms with Crippen molar-refractivity contribution in [2.75, 3.05) is 48.1 Å². The van der Waals surface area contributed by atoms with Crippen LogP contribution in [0.4, 0.5) is 17.8 Å². The summed E-state index contributed by atoms with van der Waals surface area (Å²) in [4.78, 5) is 17.9. The molecule has 1 aromatic heterocycles. The lowest BCUT2D eigenvalue weighted by atomic mass is 10.2. The van der Waals surface area contributed by atoms with Gasteiger partial charge in [0.15, 0.2) is 0 Å². The fraction of sp³-hybridized carbons (Fsp3) is 0.769. The molecule has 1 unspecified atom stereocenters. The molecule has 0 amide bonds. The third kappa shape index (κ3) is 3.01. The molecule has 3 rings (SSSR count). The summed E-state index contributed by atoms with van der Waals surface area (Å²) in [7, 11) is 0. The molecule has 8 nitrogen and oxygen atoms in total. The molecule has 116 valence electrons. The first kappa shape index (κ1) is 14.3. The van der Waals surface area contributed by atoms with E-state index in [1.54, 1.807) is 0 Å². The number of hydrogen-bond acceptors (Lipinski definition) is 8. The van der Waals surface area contributed by atoms with Gasteiger partial charge in [-0.2, -0.15) is 15.0 Å². The number of rotatable bonds is 4. The molecule has 2 fully saturated rings. The summed E-state index contributed by atoms with van der Waals surface area (Å²) in [5.74, 6) is 7.34. The van der Waals surface area contributed by atoms with Crippen LogP contribution in [-0.2, 0) is 4.74 Å². The first-order valence-corrected chi connectivity index (χ1v) is 7.64. The maximum Gasteiger partial charge on any atom is 0.243 e. The van der Waals surface area contributed by atoms with Crippen LogP contribution in [0.3, 0.4) is 0 Å². The van der Waals surface area contributed by atoms with E-state index >= 15 is 0 Å². The van der Waals surface area contributed by atoms with Crippen LogP contribution < -0.4 is 21.1 Å². The third-order valence-electron chi connectivity index (χ3n) is 4.14. The zero-order chi connectivity index (χ0) is 14.7. The number of aromatic nitrogens is 3. The van der Waals surface area contributed by atoms with Crippen molar-refractivity contribution in [2.45, 2.75) is 32.2 Å². The summed E-state index contributed by atoms with van der Waals surface area (Å²) >= 11 is 0. The second-order valence-corrected chi connectivity index (χ2v) is 5.40. The molecule has 2 aliphatic heterocycles. The molecule has 1 atom stereocenters. The maximum absolute atomic E-state index is 5.52. The zero-order valence-corrected chi connectivity index (χ0v) is 12.5. The highest BCUT2D eigenvalue weighted by Gasteiger charge is 2.27. The number of hydrazine groups is 1. The van der Waals surface area contributed by atoms with E-state index in [2.05, 4.69) is 37.1 Å². The molecule has 2 aliphatic rings. The Bertz CT molecular complexity index is 478. The van der Waals surface area contributed by atoms with E-state index in [-0.39, 0.29) is 0 Å². The van der Waals surface area contributed by atoms with Crippen molar-refractivity contribution in [3.8, 4) is 0 Å². The Morgan fingerprint density at radius 3 is 2.67 bits per heavy atom. The summed E-state index contributed by atoms with van der Waals surface area (Å²) < 4.78 is 5.38. The average molecular weight is 293 g/mol. The Morgan fingerprint density at radius 2 is 1.95 bits per heavy atom. The van der Waals surface area contributed by atoms with Gasteiger partial charge in [-0.05, 0) is 19.3 Å². The predicted molar refractivity (Wildman–Crippen MR) is 81.3 cm³/mol. The quantitative estimate of drug-likeness (QED) is 0.608. The van der Waals surface area contributed by atoms with Gasteiger partial charge in [0.1, 0.15) is 0 Å². The predicted octanol–water partition coefficient (Wildman–Crippen LogP) is 0.373. The first-order valence-electron chi connectivity index (χ1n) is 7.64. The molecule has 0 aromatic carbocycles. The SMILES string of the molecule is CCC1CCCN1c1nc(NN)nc(N2CCOCC2)n1. The minimum Gasteiger partial charge on any atom is -0.378 e. The van der Waals surface area contributed by atoms with Gasteiger partial charge in [0.2, 0.25) is 17.8 Å². The number of hydrogen-bond donors (Lipinski definition) is 2. The number of nitrogen functional groups attached to an aromatic ring is 1. The topological polar surface area (TPSA) is 92.4 Å². The van der Waals surface area contributed by atoms with Gasteiger partial charge in [0.05, 0.1) is 13.2 Å². The minimum atomic E-state index is 0.420. The molecule has 3 N–H and O–H groups in total. The number of nitrogens with one attached hydrogen (secondary N) is 1. The monoisotopic (exact) mass is 293 g/mol. The standard InChI is InChI=1S/C13H23N7O/c1-2-10-4-3-5-20(10)13-16-11(18-14)15-12(17-13)19-6-8-21-9-7-19/h10H,2-9,14H2,1H3,(H,15,16,17,18). The molecule has 1 aromatic rings. The van der Waals surface area contributed by atoms with E-state index in [1.165, 1.54) is 12.8 Å². The number of nitrogens with zero attached hydrogens (tertiary/aromatic N) is 5. The fourth-order valence-electron chi connectivity index (χ4n) is 2.98. The van der Waals surface area contributed by atoms with Gasteiger partial charge in [0.25, 0.3) is 0 Å². The van der Waals surface area contributed by atoms with Crippen LogP contribution in [0.1, 0.15) is 26.2 Å². The van der Waals surface area contributed by atoms with Gasteiger partial charge in [-0.3, -0.25) is 5.43 Å². The van der Waals surface area contributed by atoms with Crippen LogP contribution in [0.2, 0.25) is 0 Å². The first-order chi connectivity index (χ1) is 10.3. The van der Waals surface area contributed by atoms with Gasteiger partial charge in [-0.25, -0.2) is 5.84 Å². The fourth-order valence-corrected chi connectivity index (χ4v) is 2.98. The normalized spacial score (nSPS) is 22.7. The Hall–Kier alpha value is -1.67. The van der Waals surface area contributed by atoms with Gasteiger partial charge in [0, 0.05) is 25.7 Å². The molecule has 3 heterocycles. The number of morpholine rings is 1. The number of ether oxygens (including phenoxy) is 1. The van der Waals surface area contributed by atoms with Crippen LogP contribution in [0.15, 0.2) is 0 Å². The lowest BCUT2D eigenvalue weighted by Crippen LogP contribution is -2.38. The Balaban J connectivity index is 1.89. The molecule has 0 radical (unpaired) electrons. The van der Waals surface area contributed by atoms with Crippen LogP contribution in [-0.4, -0.2) is 53.8 Å². The van der Waals surface area contributed by atoms with Crippen molar-refractivity contribution in [2.24, 2.45) is 5.84 Å². The Morgan fingerprint density at radius 1 is 1.19 bits per heavy atom. The van der Waals surface area contributed by atoms with Crippen molar-refractivity contribution in [1.29, 1.82) is 0 Å². The highest BCUT2D eigenvalue weighted by molar-refractivity contribution is 5.46. The van der Waals surface area contributed by atoms with Crippen LogP contribution >= 0.6 is 0 Å². The number of anilines is 3. The lowest BCUT2D eigenvalue weighted by Gasteiger charge is -2.29. The molecule has 0 spiro atoms. The lowest BCUT2D eigenvalue weighted by molar-refractivity contribution is 0.122. The van der Waals surface area contributed by atoms with E-state index < -0.39 is 0 Å². The van der Waals surface area contributed by atoms with Crippen LogP contribution in [0.25, 0.3) is 0 Å². The van der Waals surface area contributed by atoms with Gasteiger partial charge in [-0.15, -0.1) is 0 Å². The second-order valence-electron chi connectivity index (χ2n) is 5.40. The van der Waals surface area contributed by atoms with Crippen molar-refractivity contribution < 1.29 is 4.74 Å². The summed E-state index contributed by atoms with van der Waals surface area (Å²) in [6, 6.07) is 0.510. The van der Waals surface area contributed by atoms with Crippen molar-refractivity contribution in [1.82, 2.24) is 15.0 Å². The molecular formula is C13H23N7O. The summed E-state index contributed by atoms with van der Waals surface area (Å²) in [6.45, 7) is 6.20. The van der Waals surface area contributed by atoms with E-state index in [0.717, 1.165) is 32.0 Å². The van der Waals surface area contributed by atoms with Crippen molar-refractivity contribution >= 4 is 17.8 Å². The maximum atomic E-state index is 5.52. The Labute approximate surface area is 124 Å². The third-order valence-corrected chi connectivity index (χ3v) is 4.14. The molecular weight excluding hydrogens is 270 g/mol. The zero-order valence-electron chi connectivity index (χ0n) is 12.5. The molecule has 0 saturated carbocycles. The van der Waals surface area contributed by atoms with Gasteiger partial charge < -0.3 is 14.5 Å². The van der Waals surface area contributed by atoms with E-state index in [0.29, 0.717) is 31.2 Å². The summed E-state index contributed by atoms with van der Waals surface area (Å²) in [5, 5.41) is 0. The van der Waals surface area contributed by atoms with E-state index in [9.17, 15) is 0 Å².